The van der Waals surface area contributed by atoms with E-state index >= 15 is 0 Å². The summed E-state index contributed by atoms with van der Waals surface area (Å²) in [6, 6.07) is 3.64. The number of anilines is 1. The van der Waals surface area contributed by atoms with Crippen LogP contribution >= 0.6 is 11.3 Å². The van der Waals surface area contributed by atoms with Crippen molar-refractivity contribution in [2.45, 2.75) is 6.42 Å². The Morgan fingerprint density at radius 2 is 2.22 bits per heavy atom. The van der Waals surface area contributed by atoms with Crippen LogP contribution < -0.4 is 16.8 Å². The van der Waals surface area contributed by atoms with Crippen molar-refractivity contribution in [2.75, 3.05) is 12.3 Å². The summed E-state index contributed by atoms with van der Waals surface area (Å²) in [7, 11) is 0. The Kier molecular flexibility index (Phi) is 3.42. The number of primary amides is 1. The van der Waals surface area contributed by atoms with E-state index in [1.54, 1.807) is 12.3 Å². The average Bonchev–Trinajstić information content (AvgIpc) is 2.67. The summed E-state index contributed by atoms with van der Waals surface area (Å²) in [6.45, 7) is 0.204. The molecule has 2 aromatic heterocycles. The molecule has 2 heterocycles. The molecular formula is C11H12N4O2S. The first-order chi connectivity index (χ1) is 8.59. The molecule has 0 spiro atoms. The highest BCUT2D eigenvalue weighted by atomic mass is 32.1. The van der Waals surface area contributed by atoms with E-state index < -0.39 is 5.91 Å². The molecule has 5 N–H and O–H groups in total. The van der Waals surface area contributed by atoms with E-state index in [1.165, 1.54) is 11.3 Å². The van der Waals surface area contributed by atoms with Gasteiger partial charge in [0.1, 0.15) is 10.4 Å². The zero-order chi connectivity index (χ0) is 13.1. The topological polar surface area (TPSA) is 111 Å². The summed E-state index contributed by atoms with van der Waals surface area (Å²) >= 11 is 1.28. The monoisotopic (exact) mass is 264 g/mol. The summed E-state index contributed by atoms with van der Waals surface area (Å²) in [5.41, 5.74) is 11.8. The Morgan fingerprint density at radius 1 is 1.44 bits per heavy atom. The molecule has 0 radical (unpaired) electrons. The smallest absolute Gasteiger partial charge is 0.263 e. The first-order valence-corrected chi connectivity index (χ1v) is 6.10. The normalized spacial score (nSPS) is 10.4. The maximum Gasteiger partial charge on any atom is 0.263 e. The van der Waals surface area contributed by atoms with Crippen molar-refractivity contribution in [1.29, 1.82) is 0 Å². The van der Waals surface area contributed by atoms with E-state index in [9.17, 15) is 9.59 Å². The lowest BCUT2D eigenvalue weighted by Gasteiger charge is -2.01. The number of hydrogen-bond acceptors (Lipinski definition) is 5. The Labute approximate surface area is 107 Å². The van der Waals surface area contributed by atoms with Gasteiger partial charge in [0.2, 0.25) is 5.91 Å². The predicted molar refractivity (Wildman–Crippen MR) is 70.2 cm³/mol. The number of carbonyl (C=O) groups is 2. The van der Waals surface area contributed by atoms with Gasteiger partial charge in [0.25, 0.3) is 5.91 Å². The van der Waals surface area contributed by atoms with Gasteiger partial charge in [0.15, 0.2) is 0 Å². The van der Waals surface area contributed by atoms with Crippen molar-refractivity contribution in [2.24, 2.45) is 5.73 Å². The number of nitrogens with two attached hydrogens (primary N) is 2. The van der Waals surface area contributed by atoms with Crippen LogP contribution in [0, 0.1) is 0 Å². The van der Waals surface area contributed by atoms with Crippen molar-refractivity contribution in [3.63, 3.8) is 0 Å². The molecule has 6 nitrogen and oxygen atoms in total. The fourth-order valence-electron chi connectivity index (χ4n) is 1.50. The lowest BCUT2D eigenvalue weighted by atomic mass is 10.3. The van der Waals surface area contributed by atoms with Crippen LogP contribution in [0.3, 0.4) is 0 Å². The summed E-state index contributed by atoms with van der Waals surface area (Å²) in [6.07, 6.45) is 1.73. The number of rotatable bonds is 4. The fraction of sp³-hybridized carbons (Fsp3) is 0.182. The molecule has 2 amide bonds. The molecule has 0 aliphatic carbocycles. The molecule has 2 rings (SSSR count). The van der Waals surface area contributed by atoms with Gasteiger partial charge in [-0.1, -0.05) is 0 Å². The molecular weight excluding hydrogens is 252 g/mol. The van der Waals surface area contributed by atoms with Crippen LogP contribution in [0.15, 0.2) is 18.3 Å². The van der Waals surface area contributed by atoms with E-state index in [2.05, 4.69) is 10.3 Å². The van der Waals surface area contributed by atoms with Gasteiger partial charge in [-0.2, -0.15) is 0 Å². The summed E-state index contributed by atoms with van der Waals surface area (Å²) in [4.78, 5) is 27.0. The highest BCUT2D eigenvalue weighted by Gasteiger charge is 2.16. The molecule has 0 aliphatic rings. The predicted octanol–water partition coefficient (Wildman–Crippen LogP) is 0.484. The van der Waals surface area contributed by atoms with Crippen LogP contribution in [0.25, 0.3) is 10.2 Å². The molecule has 7 heteroatoms. The lowest BCUT2D eigenvalue weighted by Crippen LogP contribution is -2.27. The number of thiophene rings is 1. The van der Waals surface area contributed by atoms with Gasteiger partial charge in [0, 0.05) is 19.2 Å². The largest absolute Gasteiger partial charge is 0.396 e. The number of aromatic nitrogens is 1. The molecule has 0 saturated carbocycles. The van der Waals surface area contributed by atoms with Crippen molar-refractivity contribution in [1.82, 2.24) is 10.3 Å². The molecule has 0 bridgehead atoms. The minimum atomic E-state index is -0.457. The van der Waals surface area contributed by atoms with E-state index in [1.807, 2.05) is 6.07 Å². The number of amides is 2. The van der Waals surface area contributed by atoms with E-state index in [4.69, 9.17) is 11.5 Å². The molecule has 94 valence electrons. The number of carbonyl (C=O) groups excluding carboxylic acids is 2. The third-order valence-corrected chi connectivity index (χ3v) is 3.50. The summed E-state index contributed by atoms with van der Waals surface area (Å²) in [5.74, 6) is -0.766. The van der Waals surface area contributed by atoms with Crippen molar-refractivity contribution < 1.29 is 9.59 Å². The average molecular weight is 264 g/mol. The summed E-state index contributed by atoms with van der Waals surface area (Å²) in [5, 5.41) is 2.59. The second-order valence-corrected chi connectivity index (χ2v) is 4.72. The van der Waals surface area contributed by atoms with Gasteiger partial charge in [-0.25, -0.2) is 0 Å². The van der Waals surface area contributed by atoms with Gasteiger partial charge in [-0.05, 0) is 12.1 Å². The molecule has 0 atom stereocenters. The maximum absolute atomic E-state index is 11.9. The number of hydrogen-bond donors (Lipinski definition) is 3. The molecule has 0 aliphatic heterocycles. The highest BCUT2D eigenvalue weighted by Crippen LogP contribution is 2.31. The Morgan fingerprint density at radius 3 is 2.89 bits per heavy atom. The molecule has 0 unspecified atom stereocenters. The van der Waals surface area contributed by atoms with Crippen LogP contribution in [0.2, 0.25) is 0 Å². The Hall–Kier alpha value is -2.15. The lowest BCUT2D eigenvalue weighted by molar-refractivity contribution is -0.117. The second kappa shape index (κ2) is 5.01. The molecule has 0 saturated heterocycles. The van der Waals surface area contributed by atoms with Gasteiger partial charge in [-0.3, -0.25) is 14.6 Å². The van der Waals surface area contributed by atoms with E-state index in [0.717, 1.165) is 4.70 Å². The van der Waals surface area contributed by atoms with Crippen LogP contribution in [0.4, 0.5) is 5.69 Å². The first-order valence-electron chi connectivity index (χ1n) is 5.29. The van der Waals surface area contributed by atoms with Crippen molar-refractivity contribution >= 4 is 39.1 Å². The van der Waals surface area contributed by atoms with Crippen LogP contribution in [0.5, 0.6) is 0 Å². The number of pyridine rings is 1. The van der Waals surface area contributed by atoms with E-state index in [-0.39, 0.29) is 18.9 Å². The third kappa shape index (κ3) is 2.40. The van der Waals surface area contributed by atoms with Gasteiger partial charge in [-0.15, -0.1) is 11.3 Å². The van der Waals surface area contributed by atoms with Gasteiger partial charge >= 0.3 is 0 Å². The molecule has 18 heavy (non-hydrogen) atoms. The van der Waals surface area contributed by atoms with Crippen molar-refractivity contribution in [3.8, 4) is 0 Å². The number of nitrogen functional groups attached to an aromatic ring is 1. The standard InChI is InChI=1S/C11H12N4O2S/c12-7(16)3-5-15-11(17)10-8(13)9-6(18-10)2-1-4-14-9/h1-2,4H,3,5,13H2,(H2,12,16)(H,15,17). The molecule has 0 aromatic carbocycles. The number of nitrogens with zero attached hydrogens (tertiary/aromatic N) is 1. The quantitative estimate of drug-likeness (QED) is 0.745. The fourth-order valence-corrected chi connectivity index (χ4v) is 2.49. The molecule has 0 fully saturated rings. The minimum Gasteiger partial charge on any atom is -0.396 e. The van der Waals surface area contributed by atoms with E-state index in [0.29, 0.717) is 16.1 Å². The maximum atomic E-state index is 11.9. The number of nitrogens with one attached hydrogen (secondary N) is 1. The Bertz CT molecular complexity index is 608. The van der Waals surface area contributed by atoms with Crippen LogP contribution in [-0.2, 0) is 4.79 Å². The van der Waals surface area contributed by atoms with Crippen LogP contribution in [-0.4, -0.2) is 23.3 Å². The SMILES string of the molecule is NC(=O)CCNC(=O)c1sc2cccnc2c1N. The zero-order valence-electron chi connectivity index (χ0n) is 9.47. The molecule has 2 aromatic rings. The van der Waals surface area contributed by atoms with Crippen LogP contribution in [0.1, 0.15) is 16.1 Å². The first kappa shape index (κ1) is 12.3. The minimum absolute atomic E-state index is 0.106. The second-order valence-electron chi connectivity index (χ2n) is 3.67. The number of fused-ring (bicyclic) bond motifs is 1. The van der Waals surface area contributed by atoms with Crippen molar-refractivity contribution in [3.05, 3.63) is 23.2 Å². The Balaban J connectivity index is 2.17. The van der Waals surface area contributed by atoms with Gasteiger partial charge < -0.3 is 16.8 Å². The third-order valence-electron chi connectivity index (χ3n) is 2.35. The zero-order valence-corrected chi connectivity index (χ0v) is 10.3. The van der Waals surface area contributed by atoms with Gasteiger partial charge in [0.05, 0.1) is 10.4 Å². The summed E-state index contributed by atoms with van der Waals surface area (Å²) < 4.78 is 0.857. The highest BCUT2D eigenvalue weighted by molar-refractivity contribution is 7.21.